The van der Waals surface area contributed by atoms with Crippen LogP contribution in [0.4, 0.5) is 0 Å². The van der Waals surface area contributed by atoms with Crippen molar-refractivity contribution >= 4 is 5.78 Å². The molecule has 0 bridgehead atoms. The number of carbonyl (C=O) groups is 1. The number of fused-ring (bicyclic) bond motifs is 1. The second-order valence-electron chi connectivity index (χ2n) is 6.66. The van der Waals surface area contributed by atoms with Crippen molar-refractivity contribution in [1.29, 1.82) is 0 Å². The molecule has 20 heavy (non-hydrogen) atoms. The Morgan fingerprint density at radius 1 is 1.40 bits per heavy atom. The molecule has 2 saturated carbocycles. The summed E-state index contributed by atoms with van der Waals surface area (Å²) in [5.74, 6) is 2.69. The van der Waals surface area contributed by atoms with E-state index < -0.39 is 0 Å². The quantitative estimate of drug-likeness (QED) is 0.841. The normalized spacial score (nSPS) is 32.9. The van der Waals surface area contributed by atoms with E-state index in [2.05, 4.69) is 17.0 Å². The van der Waals surface area contributed by atoms with Gasteiger partial charge in [-0.15, -0.1) is 0 Å². The molecule has 4 rings (SSSR count). The van der Waals surface area contributed by atoms with Gasteiger partial charge < -0.3 is 9.64 Å². The molecule has 3 fully saturated rings. The van der Waals surface area contributed by atoms with E-state index >= 15 is 0 Å². The van der Waals surface area contributed by atoms with E-state index in [9.17, 15) is 4.79 Å². The number of carbonyl (C=O) groups excluding carboxylic acids is 1. The number of nitrogens with zero attached hydrogens (tertiary/aromatic N) is 1. The Kier molecular flexibility index (Phi) is 2.68. The third-order valence-electron chi connectivity index (χ3n) is 5.38. The van der Waals surface area contributed by atoms with Crippen LogP contribution in [0.5, 0.6) is 5.75 Å². The van der Waals surface area contributed by atoms with Crippen LogP contribution in [0.1, 0.15) is 24.8 Å². The number of ketones is 1. The Bertz CT molecular complexity index is 552. The Labute approximate surface area is 119 Å². The van der Waals surface area contributed by atoms with Gasteiger partial charge in [0.05, 0.1) is 12.5 Å². The summed E-state index contributed by atoms with van der Waals surface area (Å²) in [5, 5.41) is 0. The summed E-state index contributed by atoms with van der Waals surface area (Å²) in [6, 6.07) is 8.13. The lowest BCUT2D eigenvalue weighted by molar-refractivity contribution is -0.134. The summed E-state index contributed by atoms with van der Waals surface area (Å²) in [4.78, 5) is 14.9. The molecule has 0 spiro atoms. The molecule has 2 atom stereocenters. The fourth-order valence-electron chi connectivity index (χ4n) is 4.04. The van der Waals surface area contributed by atoms with Crippen LogP contribution < -0.4 is 4.74 Å². The van der Waals surface area contributed by atoms with Crippen LogP contribution in [0, 0.1) is 11.8 Å². The molecule has 0 amide bonds. The lowest BCUT2D eigenvalue weighted by Crippen LogP contribution is -2.53. The Hall–Kier alpha value is -1.35. The van der Waals surface area contributed by atoms with Crippen molar-refractivity contribution in [3.63, 3.8) is 0 Å². The molecular weight excluding hydrogens is 250 g/mol. The zero-order valence-electron chi connectivity index (χ0n) is 12.0. The third-order valence-corrected chi connectivity index (χ3v) is 5.38. The van der Waals surface area contributed by atoms with Gasteiger partial charge in [0.2, 0.25) is 0 Å². The highest BCUT2D eigenvalue weighted by Gasteiger charge is 2.60. The van der Waals surface area contributed by atoms with Crippen LogP contribution >= 0.6 is 0 Å². The van der Waals surface area contributed by atoms with E-state index in [4.69, 9.17) is 4.74 Å². The monoisotopic (exact) mass is 271 g/mol. The highest BCUT2D eigenvalue weighted by Crippen LogP contribution is 2.51. The van der Waals surface area contributed by atoms with Gasteiger partial charge in [0.15, 0.2) is 0 Å². The average molecular weight is 271 g/mol. The first-order valence-electron chi connectivity index (χ1n) is 7.62. The fraction of sp³-hybridized carbons (Fsp3) is 0.588. The minimum Gasteiger partial charge on any atom is -0.497 e. The van der Waals surface area contributed by atoms with E-state index in [1.807, 2.05) is 12.1 Å². The van der Waals surface area contributed by atoms with Crippen molar-refractivity contribution in [2.24, 2.45) is 11.8 Å². The summed E-state index contributed by atoms with van der Waals surface area (Å²) >= 11 is 0. The first-order valence-corrected chi connectivity index (χ1v) is 7.62. The molecule has 3 aliphatic rings. The van der Waals surface area contributed by atoms with Gasteiger partial charge in [-0.1, -0.05) is 12.1 Å². The predicted molar refractivity (Wildman–Crippen MR) is 77.0 cm³/mol. The van der Waals surface area contributed by atoms with Crippen molar-refractivity contribution in [3.8, 4) is 5.75 Å². The van der Waals surface area contributed by atoms with Crippen LogP contribution in [0.25, 0.3) is 0 Å². The largest absolute Gasteiger partial charge is 0.497 e. The zero-order valence-corrected chi connectivity index (χ0v) is 12.0. The van der Waals surface area contributed by atoms with Crippen LogP contribution in [-0.2, 0) is 10.2 Å². The third kappa shape index (κ3) is 1.72. The molecule has 3 nitrogen and oxygen atoms in total. The average Bonchev–Trinajstić information content (AvgIpc) is 3.22. The molecule has 1 aromatic carbocycles. The maximum Gasteiger partial charge on any atom is 0.145 e. The topological polar surface area (TPSA) is 29.5 Å². The Morgan fingerprint density at radius 2 is 2.25 bits per heavy atom. The van der Waals surface area contributed by atoms with Gasteiger partial charge in [-0.25, -0.2) is 0 Å². The van der Waals surface area contributed by atoms with Gasteiger partial charge in [-0.2, -0.15) is 0 Å². The molecule has 2 unspecified atom stereocenters. The molecule has 1 heterocycles. The predicted octanol–water partition coefficient (Wildman–Crippen LogP) is 2.25. The Balaban J connectivity index is 1.64. The van der Waals surface area contributed by atoms with E-state index in [1.54, 1.807) is 7.11 Å². The van der Waals surface area contributed by atoms with Gasteiger partial charge in [-0.05, 0) is 42.4 Å². The van der Waals surface area contributed by atoms with E-state index in [-0.39, 0.29) is 5.41 Å². The number of methoxy groups -OCH3 is 1. The van der Waals surface area contributed by atoms with Gasteiger partial charge >= 0.3 is 0 Å². The van der Waals surface area contributed by atoms with E-state index in [1.165, 1.54) is 19.4 Å². The lowest BCUT2D eigenvalue weighted by Gasteiger charge is -2.42. The first-order chi connectivity index (χ1) is 9.72. The number of hydrogen-bond donors (Lipinski definition) is 0. The van der Waals surface area contributed by atoms with Crippen LogP contribution in [-0.4, -0.2) is 37.4 Å². The summed E-state index contributed by atoms with van der Waals surface area (Å²) in [5.41, 5.74) is 0.931. The second kappa shape index (κ2) is 4.32. The maximum absolute atomic E-state index is 12.4. The first kappa shape index (κ1) is 12.4. The summed E-state index contributed by atoms with van der Waals surface area (Å²) in [7, 11) is 1.69. The Morgan fingerprint density at radius 3 is 2.95 bits per heavy atom. The number of benzene rings is 1. The number of ether oxygens (including phenoxy) is 1. The van der Waals surface area contributed by atoms with Crippen molar-refractivity contribution < 1.29 is 9.53 Å². The SMILES string of the molecule is COc1cccc(C23CN(CC4CC4)CC2CC3=O)c1. The molecule has 1 aromatic rings. The number of likely N-dealkylation sites (tertiary alicyclic amines) is 1. The van der Waals surface area contributed by atoms with Crippen molar-refractivity contribution in [1.82, 2.24) is 4.90 Å². The highest BCUT2D eigenvalue weighted by molar-refractivity contribution is 5.98. The van der Waals surface area contributed by atoms with Gasteiger partial charge in [0, 0.05) is 26.1 Å². The summed E-state index contributed by atoms with van der Waals surface area (Å²) < 4.78 is 5.33. The molecule has 1 aliphatic heterocycles. The maximum atomic E-state index is 12.4. The molecule has 106 valence electrons. The van der Waals surface area contributed by atoms with Crippen molar-refractivity contribution in [3.05, 3.63) is 29.8 Å². The molecule has 1 saturated heterocycles. The minimum atomic E-state index is -0.233. The van der Waals surface area contributed by atoms with Crippen LogP contribution in [0.15, 0.2) is 24.3 Å². The lowest BCUT2D eigenvalue weighted by atomic mass is 9.57. The summed E-state index contributed by atoms with van der Waals surface area (Å²) in [6.07, 6.45) is 3.51. The van der Waals surface area contributed by atoms with Crippen molar-refractivity contribution in [2.75, 3.05) is 26.7 Å². The highest BCUT2D eigenvalue weighted by atomic mass is 16.5. The van der Waals surface area contributed by atoms with E-state index in [0.717, 1.165) is 36.7 Å². The fourth-order valence-corrected chi connectivity index (χ4v) is 4.04. The molecule has 3 heteroatoms. The van der Waals surface area contributed by atoms with Gasteiger partial charge in [0.25, 0.3) is 0 Å². The standard InChI is InChI=1S/C17H21NO2/c1-20-15-4-2-3-13(7-15)17-11-18(9-12-5-6-12)10-14(17)8-16(17)19/h2-4,7,12,14H,5-6,8-11H2,1H3. The minimum absolute atomic E-state index is 0.233. The van der Waals surface area contributed by atoms with Crippen LogP contribution in [0.3, 0.4) is 0 Å². The zero-order chi connectivity index (χ0) is 13.7. The van der Waals surface area contributed by atoms with Gasteiger partial charge in [0.1, 0.15) is 11.5 Å². The van der Waals surface area contributed by atoms with Crippen LogP contribution in [0.2, 0.25) is 0 Å². The van der Waals surface area contributed by atoms with Gasteiger partial charge in [-0.3, -0.25) is 4.79 Å². The molecule has 0 N–H and O–H groups in total. The second-order valence-corrected chi connectivity index (χ2v) is 6.66. The molecule has 0 radical (unpaired) electrons. The molecule has 2 aliphatic carbocycles. The smallest absolute Gasteiger partial charge is 0.145 e. The molecular formula is C17H21NO2. The van der Waals surface area contributed by atoms with E-state index in [0.29, 0.717) is 11.7 Å². The van der Waals surface area contributed by atoms with Crippen molar-refractivity contribution in [2.45, 2.75) is 24.7 Å². The number of Topliss-reactive ketones (excluding diaryl/α,β-unsaturated/α-hetero) is 1. The molecule has 0 aromatic heterocycles. The number of hydrogen-bond acceptors (Lipinski definition) is 3. The summed E-state index contributed by atoms with van der Waals surface area (Å²) in [6.45, 7) is 3.20. The number of rotatable bonds is 4.